The zero-order valence-electron chi connectivity index (χ0n) is 16.2. The molecule has 0 atom stereocenters. The fraction of sp³-hybridized carbons (Fsp3) is 0.476. The zero-order chi connectivity index (χ0) is 19.1. The lowest BCUT2D eigenvalue weighted by Gasteiger charge is -2.32. The summed E-state index contributed by atoms with van der Waals surface area (Å²) in [6.07, 6.45) is 2.43. The van der Waals surface area contributed by atoms with Crippen molar-refractivity contribution in [3.8, 4) is 0 Å². The molecule has 0 radical (unpaired) electrons. The Morgan fingerprint density at radius 3 is 2.74 bits per heavy atom. The Kier molecular flexibility index (Phi) is 7.24. The van der Waals surface area contributed by atoms with E-state index in [2.05, 4.69) is 38.0 Å². The van der Waals surface area contributed by atoms with E-state index in [1.165, 1.54) is 23.8 Å². The Labute approximate surface area is 165 Å². The summed E-state index contributed by atoms with van der Waals surface area (Å²) in [5.41, 5.74) is 1.73. The van der Waals surface area contributed by atoms with Crippen LogP contribution in [0.3, 0.4) is 0 Å². The fourth-order valence-electron chi connectivity index (χ4n) is 3.44. The Balaban J connectivity index is 1.37. The van der Waals surface area contributed by atoms with E-state index in [1.807, 2.05) is 23.5 Å². The SMILES string of the molecule is CN=C(NCc1ccc(F)c(C)c1)NCC1CCN(Cc2cccs2)CC1. The first-order valence-corrected chi connectivity index (χ1v) is 10.5. The Morgan fingerprint density at radius 1 is 1.26 bits per heavy atom. The third kappa shape index (κ3) is 6.04. The van der Waals surface area contributed by atoms with Crippen LogP contribution in [0.2, 0.25) is 0 Å². The maximum absolute atomic E-state index is 13.4. The molecule has 4 nitrogen and oxygen atoms in total. The Bertz CT molecular complexity index is 737. The highest BCUT2D eigenvalue weighted by molar-refractivity contribution is 7.09. The van der Waals surface area contributed by atoms with Crippen LogP contribution in [0, 0.1) is 18.7 Å². The number of benzene rings is 1. The third-order valence-corrected chi connectivity index (χ3v) is 5.99. The number of rotatable bonds is 6. The van der Waals surface area contributed by atoms with Gasteiger partial charge in [-0.2, -0.15) is 0 Å². The molecule has 6 heteroatoms. The normalized spacial score (nSPS) is 16.5. The monoisotopic (exact) mass is 388 g/mol. The summed E-state index contributed by atoms with van der Waals surface area (Å²) in [5, 5.41) is 8.91. The lowest BCUT2D eigenvalue weighted by molar-refractivity contribution is 0.179. The van der Waals surface area contributed by atoms with E-state index in [0.717, 1.165) is 37.7 Å². The van der Waals surface area contributed by atoms with Crippen LogP contribution < -0.4 is 10.6 Å². The second-order valence-corrected chi connectivity index (χ2v) is 8.22. The summed E-state index contributed by atoms with van der Waals surface area (Å²) in [4.78, 5) is 8.30. The number of halogens is 1. The molecule has 0 saturated carbocycles. The van der Waals surface area contributed by atoms with Crippen molar-refractivity contribution in [2.75, 3.05) is 26.7 Å². The van der Waals surface area contributed by atoms with Crippen molar-refractivity contribution >= 4 is 17.3 Å². The van der Waals surface area contributed by atoms with Gasteiger partial charge in [0.2, 0.25) is 0 Å². The minimum Gasteiger partial charge on any atom is -0.356 e. The van der Waals surface area contributed by atoms with E-state index in [1.54, 1.807) is 14.0 Å². The quantitative estimate of drug-likeness (QED) is 0.584. The first-order chi connectivity index (χ1) is 13.1. The summed E-state index contributed by atoms with van der Waals surface area (Å²) in [6.45, 7) is 6.76. The molecule has 1 aromatic carbocycles. The molecule has 2 N–H and O–H groups in total. The molecule has 1 aromatic heterocycles. The van der Waals surface area contributed by atoms with Gasteiger partial charge < -0.3 is 10.6 Å². The van der Waals surface area contributed by atoms with E-state index in [4.69, 9.17) is 0 Å². The van der Waals surface area contributed by atoms with Crippen molar-refractivity contribution in [2.24, 2.45) is 10.9 Å². The standard InChI is InChI=1S/C21H29FN4S/c1-16-12-18(5-6-20(16)22)14-25-21(23-2)24-13-17-7-9-26(10-8-17)15-19-4-3-11-27-19/h3-6,11-12,17H,7-10,13-15H2,1-2H3,(H2,23,24,25). The molecule has 0 amide bonds. The fourth-order valence-corrected chi connectivity index (χ4v) is 4.18. The highest BCUT2D eigenvalue weighted by Gasteiger charge is 2.19. The number of thiophene rings is 1. The van der Waals surface area contributed by atoms with Crippen molar-refractivity contribution in [3.05, 3.63) is 57.5 Å². The summed E-state index contributed by atoms with van der Waals surface area (Å²) < 4.78 is 13.4. The largest absolute Gasteiger partial charge is 0.356 e. The van der Waals surface area contributed by atoms with Gasteiger partial charge in [0, 0.05) is 31.6 Å². The number of aryl methyl sites for hydroxylation is 1. The van der Waals surface area contributed by atoms with Gasteiger partial charge in [-0.25, -0.2) is 4.39 Å². The van der Waals surface area contributed by atoms with Crippen molar-refractivity contribution in [1.82, 2.24) is 15.5 Å². The van der Waals surface area contributed by atoms with E-state index in [-0.39, 0.29) is 5.82 Å². The number of guanidine groups is 1. The van der Waals surface area contributed by atoms with Crippen molar-refractivity contribution in [3.63, 3.8) is 0 Å². The molecule has 1 fully saturated rings. The van der Waals surface area contributed by atoms with Crippen LogP contribution in [0.1, 0.15) is 28.8 Å². The van der Waals surface area contributed by atoms with Gasteiger partial charge in [0.1, 0.15) is 5.82 Å². The zero-order valence-corrected chi connectivity index (χ0v) is 17.0. The molecule has 0 bridgehead atoms. The van der Waals surface area contributed by atoms with E-state index in [9.17, 15) is 4.39 Å². The van der Waals surface area contributed by atoms with Gasteiger partial charge in [-0.3, -0.25) is 9.89 Å². The second kappa shape index (κ2) is 9.85. The van der Waals surface area contributed by atoms with Crippen molar-refractivity contribution < 1.29 is 4.39 Å². The second-order valence-electron chi connectivity index (χ2n) is 7.19. The van der Waals surface area contributed by atoms with Gasteiger partial charge in [-0.05, 0) is 67.4 Å². The molecule has 1 saturated heterocycles. The van der Waals surface area contributed by atoms with Crippen LogP contribution in [0.15, 0.2) is 40.7 Å². The molecule has 0 spiro atoms. The lowest BCUT2D eigenvalue weighted by atomic mass is 9.97. The molecule has 0 unspecified atom stereocenters. The van der Waals surface area contributed by atoms with Gasteiger partial charge in [0.25, 0.3) is 0 Å². The van der Waals surface area contributed by atoms with Crippen LogP contribution in [-0.4, -0.2) is 37.5 Å². The molecule has 27 heavy (non-hydrogen) atoms. The first-order valence-electron chi connectivity index (χ1n) is 9.58. The predicted octanol–water partition coefficient (Wildman–Crippen LogP) is 3.77. The average molecular weight is 389 g/mol. The van der Waals surface area contributed by atoms with Crippen LogP contribution >= 0.6 is 11.3 Å². The highest BCUT2D eigenvalue weighted by atomic mass is 32.1. The van der Waals surface area contributed by atoms with Gasteiger partial charge in [0.15, 0.2) is 5.96 Å². The smallest absolute Gasteiger partial charge is 0.191 e. The maximum Gasteiger partial charge on any atom is 0.191 e. The van der Waals surface area contributed by atoms with Crippen molar-refractivity contribution in [2.45, 2.75) is 32.9 Å². The van der Waals surface area contributed by atoms with Gasteiger partial charge >= 0.3 is 0 Å². The molecule has 1 aliphatic heterocycles. The maximum atomic E-state index is 13.4. The summed E-state index contributed by atoms with van der Waals surface area (Å²) in [5.74, 6) is 1.32. The molecule has 2 aromatic rings. The summed E-state index contributed by atoms with van der Waals surface area (Å²) in [6, 6.07) is 9.55. The molecule has 0 aliphatic carbocycles. The molecular weight excluding hydrogens is 359 g/mol. The topological polar surface area (TPSA) is 39.7 Å². The molecular formula is C21H29FN4S. The number of aliphatic imine (C=N–C) groups is 1. The predicted molar refractivity (Wildman–Crippen MR) is 112 cm³/mol. The lowest BCUT2D eigenvalue weighted by Crippen LogP contribution is -2.42. The number of hydrogen-bond acceptors (Lipinski definition) is 3. The minimum atomic E-state index is -0.160. The molecule has 3 rings (SSSR count). The summed E-state index contributed by atoms with van der Waals surface area (Å²) >= 11 is 1.84. The molecule has 146 valence electrons. The van der Waals surface area contributed by atoms with Gasteiger partial charge in [-0.15, -0.1) is 11.3 Å². The van der Waals surface area contributed by atoms with Gasteiger partial charge in [0.05, 0.1) is 0 Å². The Morgan fingerprint density at radius 2 is 2.07 bits per heavy atom. The van der Waals surface area contributed by atoms with Gasteiger partial charge in [-0.1, -0.05) is 18.2 Å². The van der Waals surface area contributed by atoms with E-state index < -0.39 is 0 Å². The number of hydrogen-bond donors (Lipinski definition) is 2. The first kappa shape index (κ1) is 19.8. The van der Waals surface area contributed by atoms with E-state index >= 15 is 0 Å². The number of nitrogens with one attached hydrogen (secondary N) is 2. The number of likely N-dealkylation sites (tertiary alicyclic amines) is 1. The van der Waals surface area contributed by atoms with Crippen molar-refractivity contribution in [1.29, 1.82) is 0 Å². The Hall–Kier alpha value is -1.92. The number of nitrogens with zero attached hydrogens (tertiary/aromatic N) is 2. The average Bonchev–Trinajstić information content (AvgIpc) is 3.19. The minimum absolute atomic E-state index is 0.160. The van der Waals surface area contributed by atoms with Crippen LogP contribution in [-0.2, 0) is 13.1 Å². The third-order valence-electron chi connectivity index (χ3n) is 5.13. The molecule has 2 heterocycles. The van der Waals surface area contributed by atoms with Crippen LogP contribution in [0.25, 0.3) is 0 Å². The van der Waals surface area contributed by atoms with Crippen LogP contribution in [0.5, 0.6) is 0 Å². The van der Waals surface area contributed by atoms with E-state index in [0.29, 0.717) is 18.0 Å². The summed E-state index contributed by atoms with van der Waals surface area (Å²) in [7, 11) is 1.79. The highest BCUT2D eigenvalue weighted by Crippen LogP contribution is 2.20. The van der Waals surface area contributed by atoms with Crippen LogP contribution in [0.4, 0.5) is 4.39 Å². The number of piperidine rings is 1. The molecule has 1 aliphatic rings.